The first kappa shape index (κ1) is 12.2. The molecule has 3 unspecified atom stereocenters. The summed E-state index contributed by atoms with van der Waals surface area (Å²) in [6.45, 7) is 3.79. The van der Waals surface area contributed by atoms with Crippen molar-refractivity contribution < 1.29 is 14.6 Å². The second kappa shape index (κ2) is 5.27. The smallest absolute Gasteiger partial charge is 0.323 e. The average Bonchev–Trinajstić information content (AvgIpc) is 2.47. The van der Waals surface area contributed by atoms with Gasteiger partial charge < -0.3 is 9.84 Å². The number of ether oxygens (including phenoxy) is 1. The van der Waals surface area contributed by atoms with Gasteiger partial charge in [-0.25, -0.2) is 0 Å². The molecule has 0 spiro atoms. The molecule has 0 saturated carbocycles. The van der Waals surface area contributed by atoms with Crippen molar-refractivity contribution in [2.24, 2.45) is 5.92 Å². The van der Waals surface area contributed by atoms with Crippen LogP contribution in [0.15, 0.2) is 0 Å². The maximum absolute atomic E-state index is 11.3. The van der Waals surface area contributed by atoms with Crippen LogP contribution in [0.3, 0.4) is 0 Å². The van der Waals surface area contributed by atoms with Gasteiger partial charge in [0.05, 0.1) is 0 Å². The van der Waals surface area contributed by atoms with Crippen LogP contribution in [0.4, 0.5) is 0 Å². The van der Waals surface area contributed by atoms with Crippen LogP contribution in [-0.4, -0.2) is 33.9 Å². The van der Waals surface area contributed by atoms with E-state index in [2.05, 4.69) is 27.9 Å². The van der Waals surface area contributed by atoms with Gasteiger partial charge in [-0.3, -0.25) is 10.1 Å². The Morgan fingerprint density at radius 3 is 2.79 bits per heavy atom. The summed E-state index contributed by atoms with van der Waals surface area (Å²) in [6, 6.07) is -0.341. The highest BCUT2D eigenvalue weighted by molar-refractivity contribution is 14.1. The third kappa shape index (κ3) is 3.06. The molecule has 0 amide bonds. The second-order valence-corrected chi connectivity index (χ2v) is 4.74. The van der Waals surface area contributed by atoms with Gasteiger partial charge in [0.2, 0.25) is 0 Å². The van der Waals surface area contributed by atoms with E-state index in [1.165, 1.54) is 0 Å². The maximum atomic E-state index is 11.3. The van der Waals surface area contributed by atoms with Crippen LogP contribution in [0.2, 0.25) is 0 Å². The van der Waals surface area contributed by atoms with E-state index in [4.69, 9.17) is 4.74 Å². The lowest BCUT2D eigenvalue weighted by Gasteiger charge is -2.18. The monoisotopic (exact) mass is 313 g/mol. The molecule has 0 radical (unpaired) electrons. The van der Waals surface area contributed by atoms with Crippen LogP contribution in [0.25, 0.3) is 0 Å². The number of esters is 1. The maximum Gasteiger partial charge on any atom is 0.323 e. The zero-order valence-corrected chi connectivity index (χ0v) is 10.5. The van der Waals surface area contributed by atoms with Gasteiger partial charge in [0.25, 0.3) is 0 Å². The van der Waals surface area contributed by atoms with Gasteiger partial charge in [-0.1, -0.05) is 36.4 Å². The molecule has 1 rings (SSSR count). The van der Waals surface area contributed by atoms with Crippen molar-refractivity contribution in [3.8, 4) is 0 Å². The Labute approximate surface area is 97.5 Å². The number of carbonyl (C=O) groups excluding carboxylic acids is 1. The summed E-state index contributed by atoms with van der Waals surface area (Å²) in [7, 11) is 0. The van der Waals surface area contributed by atoms with E-state index in [-0.39, 0.29) is 24.0 Å². The Morgan fingerprint density at radius 2 is 2.36 bits per heavy atom. The molecule has 1 heterocycles. The molecule has 1 aliphatic rings. The minimum absolute atomic E-state index is 0.0000350. The third-order valence-corrected chi connectivity index (χ3v) is 3.22. The number of cyclic esters (lactones) is 1. The van der Waals surface area contributed by atoms with Crippen LogP contribution < -0.4 is 5.32 Å². The number of aliphatic hydroxyl groups excluding tert-OH is 1. The van der Waals surface area contributed by atoms with E-state index >= 15 is 0 Å². The van der Waals surface area contributed by atoms with Gasteiger partial charge in [0.1, 0.15) is 18.4 Å². The van der Waals surface area contributed by atoms with E-state index in [0.29, 0.717) is 6.42 Å². The third-order valence-electron chi connectivity index (χ3n) is 2.24. The predicted molar refractivity (Wildman–Crippen MR) is 61.2 cm³/mol. The highest BCUT2D eigenvalue weighted by atomic mass is 127. The fourth-order valence-electron chi connectivity index (χ4n) is 1.28. The fraction of sp³-hybridized carbons (Fsp3) is 0.889. The highest BCUT2D eigenvalue weighted by Crippen LogP contribution is 2.17. The summed E-state index contributed by atoms with van der Waals surface area (Å²) in [4.78, 5) is 11.3. The molecule has 0 aliphatic carbocycles. The normalized spacial score (nSPS) is 29.4. The molecule has 0 aromatic heterocycles. The van der Waals surface area contributed by atoms with Gasteiger partial charge in [-0.05, 0) is 5.92 Å². The number of carbonyl (C=O) groups is 1. The quantitative estimate of drug-likeness (QED) is 0.347. The van der Waals surface area contributed by atoms with Crippen molar-refractivity contribution in [2.75, 3.05) is 4.43 Å². The van der Waals surface area contributed by atoms with Crippen LogP contribution >= 0.6 is 22.6 Å². The molecule has 2 N–H and O–H groups in total. The Balaban J connectivity index is 2.42. The van der Waals surface area contributed by atoms with E-state index < -0.39 is 6.23 Å². The molecule has 1 aliphatic heterocycles. The summed E-state index contributed by atoms with van der Waals surface area (Å²) >= 11 is 2.19. The number of hydrogen-bond donors (Lipinski definition) is 2. The molecule has 82 valence electrons. The van der Waals surface area contributed by atoms with Gasteiger partial charge in [-0.15, -0.1) is 0 Å². The molecule has 1 fully saturated rings. The fourth-order valence-corrected chi connectivity index (χ4v) is 1.82. The topological polar surface area (TPSA) is 58.6 Å². The summed E-state index contributed by atoms with van der Waals surface area (Å²) in [5.41, 5.74) is 0. The van der Waals surface area contributed by atoms with Crippen LogP contribution in [0.1, 0.15) is 20.3 Å². The number of rotatable bonds is 4. The van der Waals surface area contributed by atoms with Crippen LogP contribution in [0.5, 0.6) is 0 Å². The first-order valence-corrected chi connectivity index (χ1v) is 6.27. The number of alkyl halides is 1. The first-order valence-electron chi connectivity index (χ1n) is 4.75. The summed E-state index contributed by atoms with van der Waals surface area (Å²) in [6.07, 6.45) is 0.0198. The van der Waals surface area contributed by atoms with E-state index in [9.17, 15) is 9.90 Å². The number of hydrogen-bond acceptors (Lipinski definition) is 4. The van der Waals surface area contributed by atoms with E-state index in [1.54, 1.807) is 0 Å². The number of halogens is 1. The number of aliphatic hydroxyl groups is 1. The minimum Gasteiger partial charge on any atom is -0.460 e. The molecule has 0 aromatic carbocycles. The van der Waals surface area contributed by atoms with Gasteiger partial charge in [0.15, 0.2) is 0 Å². The Hall–Kier alpha value is 0.120. The summed E-state index contributed by atoms with van der Waals surface area (Å²) in [5, 5.41) is 12.4. The Morgan fingerprint density at radius 1 is 1.71 bits per heavy atom. The molecule has 3 atom stereocenters. The van der Waals surface area contributed by atoms with Crippen molar-refractivity contribution in [1.82, 2.24) is 5.32 Å². The lowest BCUT2D eigenvalue weighted by molar-refractivity contribution is -0.143. The zero-order chi connectivity index (χ0) is 10.7. The average molecular weight is 313 g/mol. The zero-order valence-electron chi connectivity index (χ0n) is 8.37. The van der Waals surface area contributed by atoms with Crippen molar-refractivity contribution in [3.05, 3.63) is 0 Å². The Kier molecular flexibility index (Phi) is 4.59. The molecule has 1 saturated heterocycles. The SMILES string of the molecule is CC(C)C(O)NC1CC(CI)OC1=O. The molecule has 0 aromatic rings. The van der Waals surface area contributed by atoms with Gasteiger partial charge in [0, 0.05) is 10.8 Å². The lowest BCUT2D eigenvalue weighted by atomic mass is 10.1. The molecular formula is C9H16INO3. The lowest BCUT2D eigenvalue weighted by Crippen LogP contribution is -2.43. The summed E-state index contributed by atoms with van der Waals surface area (Å²) < 4.78 is 5.89. The molecular weight excluding hydrogens is 297 g/mol. The molecule has 4 nitrogen and oxygen atoms in total. The van der Waals surface area contributed by atoms with Gasteiger partial charge in [-0.2, -0.15) is 0 Å². The first-order chi connectivity index (χ1) is 6.54. The largest absolute Gasteiger partial charge is 0.460 e. The van der Waals surface area contributed by atoms with Crippen molar-refractivity contribution in [1.29, 1.82) is 0 Å². The Bertz CT molecular complexity index is 210. The van der Waals surface area contributed by atoms with Crippen LogP contribution in [-0.2, 0) is 9.53 Å². The minimum atomic E-state index is -0.638. The molecule has 5 heteroatoms. The van der Waals surface area contributed by atoms with E-state index in [1.807, 2.05) is 13.8 Å². The number of nitrogens with one attached hydrogen (secondary N) is 1. The van der Waals surface area contributed by atoms with Crippen LogP contribution in [0, 0.1) is 5.92 Å². The molecule has 14 heavy (non-hydrogen) atoms. The van der Waals surface area contributed by atoms with Crippen molar-refractivity contribution in [2.45, 2.75) is 38.6 Å². The van der Waals surface area contributed by atoms with Crippen molar-refractivity contribution in [3.63, 3.8) is 0 Å². The van der Waals surface area contributed by atoms with Gasteiger partial charge >= 0.3 is 5.97 Å². The van der Waals surface area contributed by atoms with E-state index in [0.717, 1.165) is 4.43 Å². The standard InChI is InChI=1S/C9H16INO3/c1-5(2)8(12)11-7-3-6(4-10)14-9(7)13/h5-8,11-12H,3-4H2,1-2H3. The van der Waals surface area contributed by atoms with Crippen molar-refractivity contribution >= 4 is 28.6 Å². The highest BCUT2D eigenvalue weighted by Gasteiger charge is 2.34. The second-order valence-electron chi connectivity index (χ2n) is 3.86. The predicted octanol–water partition coefficient (Wildman–Crippen LogP) is 0.670. The molecule has 0 bridgehead atoms. The summed E-state index contributed by atoms with van der Waals surface area (Å²) in [5.74, 6) is -0.146.